The third-order valence-electron chi connectivity index (χ3n) is 1.89. The summed E-state index contributed by atoms with van der Waals surface area (Å²) in [5.74, 6) is -0.0881. The van der Waals surface area contributed by atoms with Crippen molar-refractivity contribution < 1.29 is 4.79 Å². The van der Waals surface area contributed by atoms with E-state index in [0.717, 1.165) is 12.1 Å². The van der Waals surface area contributed by atoms with E-state index in [2.05, 4.69) is 17.0 Å². The molecule has 1 heterocycles. The van der Waals surface area contributed by atoms with E-state index in [1.807, 2.05) is 14.0 Å². The zero-order valence-electron chi connectivity index (χ0n) is 8.58. The Morgan fingerprint density at radius 2 is 2.50 bits per heavy atom. The van der Waals surface area contributed by atoms with Gasteiger partial charge in [0.1, 0.15) is 0 Å². The minimum absolute atomic E-state index is 0.0881. The maximum absolute atomic E-state index is 11.6. The van der Waals surface area contributed by atoms with Gasteiger partial charge in [0.2, 0.25) is 0 Å². The molecule has 1 amide bonds. The van der Waals surface area contributed by atoms with Gasteiger partial charge in [-0.2, -0.15) is 5.10 Å². The van der Waals surface area contributed by atoms with Crippen molar-refractivity contribution in [2.75, 3.05) is 6.54 Å². The lowest BCUT2D eigenvalue weighted by molar-refractivity contribution is 0.0957. The lowest BCUT2D eigenvalue weighted by atomic mass is 10.2. The quantitative estimate of drug-likeness (QED) is 0.722. The second-order valence-corrected chi connectivity index (χ2v) is 3.02. The molecule has 0 radical (unpaired) electrons. The van der Waals surface area contributed by atoms with Gasteiger partial charge in [-0.1, -0.05) is 13.0 Å². The van der Waals surface area contributed by atoms with Gasteiger partial charge in [-0.3, -0.25) is 9.48 Å². The number of carbonyl (C=O) groups is 1. The summed E-state index contributed by atoms with van der Waals surface area (Å²) < 4.78 is 1.65. The first kappa shape index (κ1) is 10.5. The summed E-state index contributed by atoms with van der Waals surface area (Å²) in [7, 11) is 1.81. The molecule has 4 nitrogen and oxygen atoms in total. The van der Waals surface area contributed by atoms with Crippen LogP contribution in [0.2, 0.25) is 0 Å². The molecule has 1 aromatic rings. The number of amides is 1. The average molecular weight is 193 g/mol. The van der Waals surface area contributed by atoms with Crippen LogP contribution in [-0.2, 0) is 13.5 Å². The monoisotopic (exact) mass is 193 g/mol. The molecule has 0 aliphatic rings. The molecule has 0 spiro atoms. The largest absolute Gasteiger partial charge is 0.348 e. The van der Waals surface area contributed by atoms with E-state index in [0.29, 0.717) is 12.1 Å². The Morgan fingerprint density at radius 1 is 1.79 bits per heavy atom. The first-order valence-electron chi connectivity index (χ1n) is 4.60. The molecule has 1 aromatic heterocycles. The average Bonchev–Trinajstić information content (AvgIpc) is 2.56. The molecule has 0 aliphatic heterocycles. The fourth-order valence-corrected chi connectivity index (χ4v) is 1.25. The van der Waals surface area contributed by atoms with Crippen LogP contribution in [-0.4, -0.2) is 22.2 Å². The molecule has 76 valence electrons. The summed E-state index contributed by atoms with van der Waals surface area (Å²) in [5.41, 5.74) is 1.48. The van der Waals surface area contributed by atoms with Gasteiger partial charge in [0.05, 0.1) is 11.3 Å². The highest BCUT2D eigenvalue weighted by molar-refractivity contribution is 5.95. The lowest BCUT2D eigenvalue weighted by Gasteiger charge is -2.00. The summed E-state index contributed by atoms with van der Waals surface area (Å²) in [6, 6.07) is 0. The van der Waals surface area contributed by atoms with Crippen LogP contribution < -0.4 is 5.32 Å². The molecule has 0 unspecified atom stereocenters. The second-order valence-electron chi connectivity index (χ2n) is 3.02. The van der Waals surface area contributed by atoms with E-state index in [-0.39, 0.29) is 5.91 Å². The van der Waals surface area contributed by atoms with Gasteiger partial charge in [0.15, 0.2) is 0 Å². The minimum Gasteiger partial charge on any atom is -0.348 e. The number of carbonyl (C=O) groups excluding carboxylic acids is 1. The Bertz CT molecular complexity index is 341. The standard InChI is InChI=1S/C10H15N3O/c1-4-6-11-10(14)8-7-13(3)12-9(8)5-2/h4,7H,1,5-6H2,2-3H3,(H,11,14). The highest BCUT2D eigenvalue weighted by atomic mass is 16.1. The second kappa shape index (κ2) is 4.60. The predicted octanol–water partition coefficient (Wildman–Crippen LogP) is 0.898. The molecule has 0 saturated carbocycles. The predicted molar refractivity (Wildman–Crippen MR) is 55.1 cm³/mol. The van der Waals surface area contributed by atoms with Gasteiger partial charge >= 0.3 is 0 Å². The molecular formula is C10H15N3O. The van der Waals surface area contributed by atoms with Gasteiger partial charge in [0, 0.05) is 19.8 Å². The van der Waals surface area contributed by atoms with Crippen molar-refractivity contribution in [3.8, 4) is 0 Å². The van der Waals surface area contributed by atoms with Crippen LogP contribution in [0.4, 0.5) is 0 Å². The Balaban J connectivity index is 2.82. The smallest absolute Gasteiger partial charge is 0.255 e. The van der Waals surface area contributed by atoms with Crippen molar-refractivity contribution in [1.82, 2.24) is 15.1 Å². The highest BCUT2D eigenvalue weighted by Crippen LogP contribution is 2.06. The molecule has 14 heavy (non-hydrogen) atoms. The fourth-order valence-electron chi connectivity index (χ4n) is 1.25. The molecule has 0 aromatic carbocycles. The van der Waals surface area contributed by atoms with Crippen LogP contribution >= 0.6 is 0 Å². The van der Waals surface area contributed by atoms with Gasteiger partial charge in [0.25, 0.3) is 5.91 Å². The lowest BCUT2D eigenvalue weighted by Crippen LogP contribution is -2.23. The molecule has 0 fully saturated rings. The molecule has 0 atom stereocenters. The highest BCUT2D eigenvalue weighted by Gasteiger charge is 2.12. The molecule has 4 heteroatoms. The zero-order chi connectivity index (χ0) is 10.6. The van der Waals surface area contributed by atoms with Gasteiger partial charge in [-0.25, -0.2) is 0 Å². The Hall–Kier alpha value is -1.58. The number of aromatic nitrogens is 2. The Kier molecular flexibility index (Phi) is 3.45. The van der Waals surface area contributed by atoms with Crippen molar-refractivity contribution in [2.45, 2.75) is 13.3 Å². The number of rotatable bonds is 4. The van der Waals surface area contributed by atoms with Crippen molar-refractivity contribution in [2.24, 2.45) is 7.05 Å². The van der Waals surface area contributed by atoms with Crippen LogP contribution in [0.5, 0.6) is 0 Å². The molecule has 0 saturated heterocycles. The summed E-state index contributed by atoms with van der Waals surface area (Å²) >= 11 is 0. The molecule has 0 aliphatic carbocycles. The van der Waals surface area contributed by atoms with E-state index < -0.39 is 0 Å². The van der Waals surface area contributed by atoms with E-state index in [1.54, 1.807) is 17.0 Å². The Morgan fingerprint density at radius 3 is 3.07 bits per heavy atom. The van der Waals surface area contributed by atoms with E-state index in [4.69, 9.17) is 0 Å². The molecule has 1 rings (SSSR count). The Labute approximate surface area is 83.6 Å². The summed E-state index contributed by atoms with van der Waals surface area (Å²) in [6.45, 7) is 6.00. The van der Waals surface area contributed by atoms with E-state index >= 15 is 0 Å². The van der Waals surface area contributed by atoms with Crippen molar-refractivity contribution in [3.63, 3.8) is 0 Å². The van der Waals surface area contributed by atoms with Crippen LogP contribution in [0.25, 0.3) is 0 Å². The third-order valence-corrected chi connectivity index (χ3v) is 1.89. The summed E-state index contributed by atoms with van der Waals surface area (Å²) in [5, 5.41) is 6.91. The van der Waals surface area contributed by atoms with Gasteiger partial charge in [-0.05, 0) is 6.42 Å². The first-order chi connectivity index (χ1) is 6.69. The first-order valence-corrected chi connectivity index (χ1v) is 4.60. The zero-order valence-corrected chi connectivity index (χ0v) is 8.58. The van der Waals surface area contributed by atoms with Gasteiger partial charge in [-0.15, -0.1) is 6.58 Å². The van der Waals surface area contributed by atoms with E-state index in [9.17, 15) is 4.79 Å². The van der Waals surface area contributed by atoms with Crippen molar-refractivity contribution in [1.29, 1.82) is 0 Å². The van der Waals surface area contributed by atoms with Crippen LogP contribution in [0.15, 0.2) is 18.9 Å². The van der Waals surface area contributed by atoms with Crippen molar-refractivity contribution in [3.05, 3.63) is 30.1 Å². The SMILES string of the molecule is C=CCNC(=O)c1cn(C)nc1CC. The van der Waals surface area contributed by atoms with Crippen molar-refractivity contribution >= 4 is 5.91 Å². The molecule has 0 bridgehead atoms. The normalized spacial score (nSPS) is 9.86. The topological polar surface area (TPSA) is 46.9 Å². The molecular weight excluding hydrogens is 178 g/mol. The number of nitrogens with zero attached hydrogens (tertiary/aromatic N) is 2. The fraction of sp³-hybridized carbons (Fsp3) is 0.400. The maximum atomic E-state index is 11.6. The number of aryl methyl sites for hydroxylation is 2. The van der Waals surface area contributed by atoms with Crippen LogP contribution in [0.1, 0.15) is 23.0 Å². The maximum Gasteiger partial charge on any atom is 0.255 e. The van der Waals surface area contributed by atoms with Gasteiger partial charge < -0.3 is 5.32 Å². The van der Waals surface area contributed by atoms with E-state index in [1.165, 1.54) is 0 Å². The minimum atomic E-state index is -0.0881. The van der Waals surface area contributed by atoms with Crippen LogP contribution in [0.3, 0.4) is 0 Å². The van der Waals surface area contributed by atoms with Crippen LogP contribution in [0, 0.1) is 0 Å². The molecule has 1 N–H and O–H groups in total. The summed E-state index contributed by atoms with van der Waals surface area (Å²) in [6.07, 6.45) is 4.15. The summed E-state index contributed by atoms with van der Waals surface area (Å²) in [4.78, 5) is 11.6. The third kappa shape index (κ3) is 2.22. The number of nitrogens with one attached hydrogen (secondary N) is 1. The number of hydrogen-bond donors (Lipinski definition) is 1. The number of hydrogen-bond acceptors (Lipinski definition) is 2.